The van der Waals surface area contributed by atoms with Crippen molar-refractivity contribution in [2.45, 2.75) is 6.92 Å². The average Bonchev–Trinajstić information content (AvgIpc) is 2.05. The molecule has 0 spiro atoms. The van der Waals surface area contributed by atoms with Crippen LogP contribution in [0.15, 0.2) is 12.2 Å². The maximum absolute atomic E-state index is 10.9. The van der Waals surface area contributed by atoms with Crippen LogP contribution >= 0.6 is 0 Å². The Morgan fingerprint density at radius 1 is 1.58 bits per heavy atom. The van der Waals surface area contributed by atoms with Gasteiger partial charge in [0.2, 0.25) is 0 Å². The predicted octanol–water partition coefficient (Wildman–Crippen LogP) is 0.115. The van der Waals surface area contributed by atoms with Gasteiger partial charge in [-0.2, -0.15) is 0 Å². The first-order chi connectivity index (χ1) is 5.72. The van der Waals surface area contributed by atoms with Crippen molar-refractivity contribution in [3.63, 3.8) is 0 Å². The van der Waals surface area contributed by atoms with E-state index in [0.717, 1.165) is 0 Å². The Hall–Kier alpha value is -0.870. The van der Waals surface area contributed by atoms with Crippen LogP contribution in [0.4, 0.5) is 0 Å². The quantitative estimate of drug-likeness (QED) is 0.353. The van der Waals surface area contributed by atoms with Crippen LogP contribution in [0.1, 0.15) is 6.92 Å². The molecule has 0 atom stereocenters. The molecule has 4 nitrogen and oxygen atoms in total. The maximum Gasteiger partial charge on any atom is 0.335 e. The second-order valence-electron chi connectivity index (χ2n) is 2.10. The molecule has 0 rings (SSSR count). The Kier molecular flexibility index (Phi) is 6.32. The van der Waals surface area contributed by atoms with Crippen molar-refractivity contribution in [2.24, 2.45) is 0 Å². The fourth-order valence-corrected chi connectivity index (χ4v) is 0.552. The van der Waals surface area contributed by atoms with Crippen LogP contribution in [0.25, 0.3) is 0 Å². The van der Waals surface area contributed by atoms with Crippen molar-refractivity contribution in [2.75, 3.05) is 26.4 Å². The van der Waals surface area contributed by atoms with Crippen LogP contribution in [0.5, 0.6) is 0 Å². The van der Waals surface area contributed by atoms with E-state index in [0.29, 0.717) is 6.61 Å². The van der Waals surface area contributed by atoms with E-state index in [-0.39, 0.29) is 25.4 Å². The molecule has 0 aromatic rings. The number of carbonyl (C=O) groups excluding carboxylic acids is 1. The first-order valence-corrected chi connectivity index (χ1v) is 3.75. The van der Waals surface area contributed by atoms with Crippen LogP contribution < -0.4 is 0 Å². The molecule has 70 valence electrons. The van der Waals surface area contributed by atoms with Gasteiger partial charge in [0.15, 0.2) is 0 Å². The van der Waals surface area contributed by atoms with Crippen molar-refractivity contribution in [3.05, 3.63) is 12.2 Å². The zero-order valence-corrected chi connectivity index (χ0v) is 7.21. The first kappa shape index (κ1) is 11.1. The Balaban J connectivity index is 3.50. The summed E-state index contributed by atoms with van der Waals surface area (Å²) in [5.74, 6) is -0.449. The van der Waals surface area contributed by atoms with Gasteiger partial charge in [-0.15, -0.1) is 0 Å². The number of aliphatic hydroxyl groups excluding tert-OH is 1. The van der Waals surface area contributed by atoms with Gasteiger partial charge in [0.05, 0.1) is 32.0 Å². The van der Waals surface area contributed by atoms with Gasteiger partial charge in [-0.25, -0.2) is 4.79 Å². The monoisotopic (exact) mass is 174 g/mol. The smallest absolute Gasteiger partial charge is 0.335 e. The van der Waals surface area contributed by atoms with E-state index in [1.165, 1.54) is 0 Å². The summed E-state index contributed by atoms with van der Waals surface area (Å²) in [4.78, 5) is 10.9. The largest absolute Gasteiger partial charge is 0.463 e. The van der Waals surface area contributed by atoms with Crippen molar-refractivity contribution in [1.29, 1.82) is 0 Å². The summed E-state index contributed by atoms with van der Waals surface area (Å²) < 4.78 is 9.52. The third-order valence-electron chi connectivity index (χ3n) is 1.08. The van der Waals surface area contributed by atoms with Gasteiger partial charge >= 0.3 is 5.97 Å². The Bertz CT molecular complexity index is 153. The van der Waals surface area contributed by atoms with Gasteiger partial charge in [-0.3, -0.25) is 0 Å². The van der Waals surface area contributed by atoms with Gasteiger partial charge in [-0.05, 0) is 6.92 Å². The van der Waals surface area contributed by atoms with Crippen LogP contribution in [0.2, 0.25) is 0 Å². The van der Waals surface area contributed by atoms with Gasteiger partial charge in [0, 0.05) is 0 Å². The molecule has 0 aliphatic carbocycles. The van der Waals surface area contributed by atoms with Crippen molar-refractivity contribution < 1.29 is 19.4 Å². The highest BCUT2D eigenvalue weighted by Gasteiger charge is 2.06. The van der Waals surface area contributed by atoms with Gasteiger partial charge in [-0.1, -0.05) is 6.58 Å². The van der Waals surface area contributed by atoms with Gasteiger partial charge in [0.1, 0.15) is 0 Å². The van der Waals surface area contributed by atoms with Gasteiger partial charge in [0.25, 0.3) is 0 Å². The van der Waals surface area contributed by atoms with E-state index in [1.54, 1.807) is 6.92 Å². The molecule has 0 aliphatic rings. The molecular weight excluding hydrogens is 160 g/mol. The molecule has 12 heavy (non-hydrogen) atoms. The minimum Gasteiger partial charge on any atom is -0.463 e. The second-order valence-corrected chi connectivity index (χ2v) is 2.10. The van der Waals surface area contributed by atoms with E-state index in [4.69, 9.17) is 9.84 Å². The molecule has 0 unspecified atom stereocenters. The van der Waals surface area contributed by atoms with E-state index in [9.17, 15) is 4.79 Å². The molecule has 1 N–H and O–H groups in total. The zero-order valence-electron chi connectivity index (χ0n) is 7.21. The number of ether oxygens (including phenoxy) is 2. The number of aliphatic hydroxyl groups is 1. The molecule has 0 amide bonds. The summed E-state index contributed by atoms with van der Waals surface area (Å²) in [6, 6.07) is 0. The van der Waals surface area contributed by atoms with Crippen LogP contribution in [0.3, 0.4) is 0 Å². The third kappa shape index (κ3) is 4.87. The Morgan fingerprint density at radius 2 is 2.25 bits per heavy atom. The fourth-order valence-electron chi connectivity index (χ4n) is 0.552. The molecule has 0 bridgehead atoms. The molecular formula is C8H14O4. The lowest BCUT2D eigenvalue weighted by atomic mass is 10.3. The average molecular weight is 174 g/mol. The van der Waals surface area contributed by atoms with Crippen LogP contribution in [-0.2, 0) is 14.3 Å². The van der Waals surface area contributed by atoms with Gasteiger partial charge < -0.3 is 14.6 Å². The van der Waals surface area contributed by atoms with E-state index in [2.05, 4.69) is 11.3 Å². The number of hydrogen-bond acceptors (Lipinski definition) is 4. The SMILES string of the molecule is C=C(COCCO)C(=O)OCC. The highest BCUT2D eigenvalue weighted by molar-refractivity contribution is 5.87. The van der Waals surface area contributed by atoms with Crippen LogP contribution in [-0.4, -0.2) is 37.5 Å². The fraction of sp³-hybridized carbons (Fsp3) is 0.625. The summed E-state index contributed by atoms with van der Waals surface area (Å²) in [6.45, 7) is 5.77. The Morgan fingerprint density at radius 3 is 2.75 bits per heavy atom. The summed E-state index contributed by atoms with van der Waals surface area (Å²) in [5, 5.41) is 8.35. The Labute approximate surface area is 71.8 Å². The van der Waals surface area contributed by atoms with E-state index in [1.807, 2.05) is 0 Å². The maximum atomic E-state index is 10.9. The minimum absolute atomic E-state index is 0.0594. The molecule has 0 saturated heterocycles. The predicted molar refractivity (Wildman–Crippen MR) is 43.7 cm³/mol. The lowest BCUT2D eigenvalue weighted by molar-refractivity contribution is -0.139. The highest BCUT2D eigenvalue weighted by atomic mass is 16.5. The summed E-state index contributed by atoms with van der Waals surface area (Å²) in [7, 11) is 0. The lowest BCUT2D eigenvalue weighted by Gasteiger charge is -2.04. The first-order valence-electron chi connectivity index (χ1n) is 3.75. The number of esters is 1. The second kappa shape index (κ2) is 6.82. The van der Waals surface area contributed by atoms with Crippen molar-refractivity contribution in [3.8, 4) is 0 Å². The van der Waals surface area contributed by atoms with E-state index < -0.39 is 5.97 Å². The normalized spacial score (nSPS) is 9.50. The van der Waals surface area contributed by atoms with Crippen LogP contribution in [0, 0.1) is 0 Å². The summed E-state index contributed by atoms with van der Waals surface area (Å²) in [6.07, 6.45) is 0. The number of rotatable bonds is 6. The molecule has 0 fully saturated rings. The molecule has 4 heteroatoms. The molecule has 0 heterocycles. The highest BCUT2D eigenvalue weighted by Crippen LogP contribution is 1.95. The summed E-state index contributed by atoms with van der Waals surface area (Å²) >= 11 is 0. The minimum atomic E-state index is -0.449. The lowest BCUT2D eigenvalue weighted by Crippen LogP contribution is -2.12. The van der Waals surface area contributed by atoms with Crippen molar-refractivity contribution >= 4 is 5.97 Å². The molecule has 0 aromatic heterocycles. The van der Waals surface area contributed by atoms with E-state index >= 15 is 0 Å². The third-order valence-corrected chi connectivity index (χ3v) is 1.08. The molecule has 0 saturated carbocycles. The number of hydrogen-bond donors (Lipinski definition) is 1. The molecule has 0 aromatic carbocycles. The number of carbonyl (C=O) groups is 1. The van der Waals surface area contributed by atoms with Crippen molar-refractivity contribution in [1.82, 2.24) is 0 Å². The molecule has 0 radical (unpaired) electrons. The topological polar surface area (TPSA) is 55.8 Å². The molecule has 0 aliphatic heterocycles. The standard InChI is InChI=1S/C8H14O4/c1-3-12-8(10)7(2)6-11-5-4-9/h9H,2-6H2,1H3. The zero-order chi connectivity index (χ0) is 9.40. The summed E-state index contributed by atoms with van der Waals surface area (Å²) in [5.41, 5.74) is 0.269.